The van der Waals surface area contributed by atoms with Gasteiger partial charge in [0.2, 0.25) is 0 Å². The molecule has 4 rings (SSSR count). The van der Waals surface area contributed by atoms with Crippen LogP contribution in [0.5, 0.6) is 0 Å². The molecule has 2 N–H and O–H groups in total. The summed E-state index contributed by atoms with van der Waals surface area (Å²) in [4.78, 5) is 21.3. The normalized spacial score (nSPS) is 15.0. The summed E-state index contributed by atoms with van der Waals surface area (Å²) in [6.07, 6.45) is 0. The van der Waals surface area contributed by atoms with E-state index in [9.17, 15) is 4.79 Å². The Morgan fingerprint density at radius 1 is 1.07 bits per heavy atom. The molecular formula is C24H31N4OS+. The average molecular weight is 424 g/mol. The molecule has 2 aromatic carbocycles. The molecule has 0 spiro atoms. The Morgan fingerprint density at radius 3 is 2.53 bits per heavy atom. The molecule has 0 aliphatic carbocycles. The number of quaternary nitrogens is 1. The van der Waals surface area contributed by atoms with E-state index >= 15 is 0 Å². The summed E-state index contributed by atoms with van der Waals surface area (Å²) < 4.78 is 1.27. The Balaban J connectivity index is 1.27. The largest absolute Gasteiger partial charge is 0.346 e. The predicted octanol–water partition coefficient (Wildman–Crippen LogP) is 2.66. The van der Waals surface area contributed by atoms with E-state index in [1.54, 1.807) is 16.2 Å². The van der Waals surface area contributed by atoms with Gasteiger partial charge < -0.3 is 15.1 Å². The molecule has 6 heteroatoms. The summed E-state index contributed by atoms with van der Waals surface area (Å²) in [6.45, 7) is 14.3. The molecular weight excluding hydrogens is 392 g/mol. The van der Waals surface area contributed by atoms with Crippen LogP contribution < -0.4 is 15.1 Å². The van der Waals surface area contributed by atoms with E-state index in [-0.39, 0.29) is 5.91 Å². The molecule has 0 atom stereocenters. The number of hydrogen-bond acceptors (Lipinski definition) is 4. The third-order valence-corrected chi connectivity index (χ3v) is 7.43. The van der Waals surface area contributed by atoms with Gasteiger partial charge in [0.25, 0.3) is 5.91 Å². The van der Waals surface area contributed by atoms with Crippen LogP contribution in [0.15, 0.2) is 30.3 Å². The molecule has 0 radical (unpaired) electrons. The standard InChI is InChI=1S/C24H30N4OS/c1-16-5-7-20(15-18(16)3)23(29)25-9-10-27-11-13-28(14-12-27)24-26-22-19(4)17(2)6-8-21(22)30-24/h5-8,15H,9-14H2,1-4H3,(H,25,29)/p+1. The minimum absolute atomic E-state index is 0.0243. The number of anilines is 1. The summed E-state index contributed by atoms with van der Waals surface area (Å²) in [5.41, 5.74) is 6.87. The lowest BCUT2D eigenvalue weighted by Crippen LogP contribution is -3.15. The third-order valence-electron chi connectivity index (χ3n) is 6.35. The van der Waals surface area contributed by atoms with Gasteiger partial charge in [-0.3, -0.25) is 4.79 Å². The molecule has 5 nitrogen and oxygen atoms in total. The number of carbonyl (C=O) groups is 1. The Hall–Kier alpha value is -2.44. The van der Waals surface area contributed by atoms with Gasteiger partial charge in [0.15, 0.2) is 5.13 Å². The SMILES string of the molecule is Cc1ccc(C(=O)NCC[NH+]2CCN(c3nc4c(C)c(C)ccc4s3)CC2)cc1C. The highest BCUT2D eigenvalue weighted by Gasteiger charge is 2.22. The van der Waals surface area contributed by atoms with Crippen LogP contribution in [0.1, 0.15) is 32.6 Å². The van der Waals surface area contributed by atoms with Crippen LogP contribution in [0.3, 0.4) is 0 Å². The lowest BCUT2D eigenvalue weighted by molar-refractivity contribution is -0.899. The lowest BCUT2D eigenvalue weighted by atomic mass is 10.1. The van der Waals surface area contributed by atoms with E-state index < -0.39 is 0 Å². The number of rotatable bonds is 5. The predicted molar refractivity (Wildman–Crippen MR) is 125 cm³/mol. The summed E-state index contributed by atoms with van der Waals surface area (Å²) in [5, 5.41) is 4.22. The smallest absolute Gasteiger partial charge is 0.251 e. The van der Waals surface area contributed by atoms with Gasteiger partial charge in [-0.25, -0.2) is 4.98 Å². The number of benzene rings is 2. The second-order valence-electron chi connectivity index (χ2n) is 8.39. The fraction of sp³-hybridized carbons (Fsp3) is 0.417. The van der Waals surface area contributed by atoms with Crippen molar-refractivity contribution in [2.45, 2.75) is 27.7 Å². The molecule has 1 fully saturated rings. The van der Waals surface area contributed by atoms with Gasteiger partial charge in [0, 0.05) is 5.56 Å². The fourth-order valence-electron chi connectivity index (χ4n) is 3.95. The van der Waals surface area contributed by atoms with Gasteiger partial charge in [-0.2, -0.15) is 0 Å². The van der Waals surface area contributed by atoms with E-state index in [4.69, 9.17) is 4.98 Å². The number of aryl methyl sites for hydroxylation is 4. The fourth-order valence-corrected chi connectivity index (χ4v) is 5.03. The number of fused-ring (bicyclic) bond motifs is 1. The minimum atomic E-state index is 0.0243. The van der Waals surface area contributed by atoms with Crippen LogP contribution in [0, 0.1) is 27.7 Å². The summed E-state index contributed by atoms with van der Waals surface area (Å²) >= 11 is 1.80. The van der Waals surface area contributed by atoms with Crippen LogP contribution >= 0.6 is 11.3 Å². The van der Waals surface area contributed by atoms with Gasteiger partial charge >= 0.3 is 0 Å². The molecule has 1 aromatic heterocycles. The van der Waals surface area contributed by atoms with Crippen molar-refractivity contribution in [1.82, 2.24) is 10.3 Å². The number of piperazine rings is 1. The molecule has 0 saturated carbocycles. The van der Waals surface area contributed by atoms with Crippen molar-refractivity contribution in [3.05, 3.63) is 58.1 Å². The molecule has 3 aromatic rings. The zero-order valence-corrected chi connectivity index (χ0v) is 19.2. The van der Waals surface area contributed by atoms with Crippen molar-refractivity contribution in [3.8, 4) is 0 Å². The number of aromatic nitrogens is 1. The van der Waals surface area contributed by atoms with Crippen molar-refractivity contribution in [2.75, 3.05) is 44.2 Å². The highest BCUT2D eigenvalue weighted by atomic mass is 32.1. The first-order chi connectivity index (χ1) is 14.4. The Bertz CT molecular complexity index is 1070. The van der Waals surface area contributed by atoms with E-state index in [0.29, 0.717) is 6.54 Å². The molecule has 1 aliphatic rings. The van der Waals surface area contributed by atoms with Gasteiger partial charge in [0.1, 0.15) is 0 Å². The van der Waals surface area contributed by atoms with E-state index in [1.807, 2.05) is 25.1 Å². The molecule has 1 amide bonds. The first-order valence-electron chi connectivity index (χ1n) is 10.7. The first-order valence-corrected chi connectivity index (χ1v) is 11.5. The Morgan fingerprint density at radius 2 is 1.80 bits per heavy atom. The maximum absolute atomic E-state index is 12.4. The number of hydrogen-bond donors (Lipinski definition) is 2. The van der Waals surface area contributed by atoms with Crippen LogP contribution in [-0.2, 0) is 0 Å². The van der Waals surface area contributed by atoms with Crippen LogP contribution in [0.2, 0.25) is 0 Å². The van der Waals surface area contributed by atoms with Crippen molar-refractivity contribution in [1.29, 1.82) is 0 Å². The lowest BCUT2D eigenvalue weighted by Gasteiger charge is -2.32. The quantitative estimate of drug-likeness (QED) is 0.663. The van der Waals surface area contributed by atoms with Crippen LogP contribution in [0.25, 0.3) is 10.2 Å². The van der Waals surface area contributed by atoms with Gasteiger partial charge in [0.05, 0.1) is 49.5 Å². The monoisotopic (exact) mass is 423 g/mol. The molecule has 158 valence electrons. The summed E-state index contributed by atoms with van der Waals surface area (Å²) in [7, 11) is 0. The Kier molecular flexibility index (Phi) is 6.06. The molecule has 30 heavy (non-hydrogen) atoms. The maximum atomic E-state index is 12.4. The highest BCUT2D eigenvalue weighted by Crippen LogP contribution is 2.31. The minimum Gasteiger partial charge on any atom is -0.346 e. The highest BCUT2D eigenvalue weighted by molar-refractivity contribution is 7.22. The van der Waals surface area contributed by atoms with Gasteiger partial charge in [-0.1, -0.05) is 23.5 Å². The maximum Gasteiger partial charge on any atom is 0.251 e. The molecule has 2 heterocycles. The number of nitrogens with zero attached hydrogens (tertiary/aromatic N) is 2. The number of thiazole rings is 1. The van der Waals surface area contributed by atoms with Crippen molar-refractivity contribution in [3.63, 3.8) is 0 Å². The van der Waals surface area contributed by atoms with Gasteiger partial charge in [-0.05, 0) is 68.1 Å². The van der Waals surface area contributed by atoms with Crippen LogP contribution in [-0.4, -0.2) is 50.2 Å². The van der Waals surface area contributed by atoms with E-state index in [2.05, 4.69) is 43.1 Å². The van der Waals surface area contributed by atoms with Crippen molar-refractivity contribution in [2.24, 2.45) is 0 Å². The first kappa shape index (κ1) is 20.8. The van der Waals surface area contributed by atoms with Gasteiger partial charge in [-0.15, -0.1) is 0 Å². The van der Waals surface area contributed by atoms with E-state index in [0.717, 1.165) is 54.5 Å². The zero-order chi connectivity index (χ0) is 21.3. The summed E-state index contributed by atoms with van der Waals surface area (Å²) in [6, 6.07) is 10.3. The summed E-state index contributed by atoms with van der Waals surface area (Å²) in [5.74, 6) is 0.0243. The average Bonchev–Trinajstić information content (AvgIpc) is 3.18. The zero-order valence-electron chi connectivity index (χ0n) is 18.3. The second-order valence-corrected chi connectivity index (χ2v) is 9.40. The van der Waals surface area contributed by atoms with Crippen molar-refractivity contribution < 1.29 is 9.69 Å². The second kappa shape index (κ2) is 8.74. The van der Waals surface area contributed by atoms with Crippen LogP contribution in [0.4, 0.5) is 5.13 Å². The molecule has 1 saturated heterocycles. The topological polar surface area (TPSA) is 49.7 Å². The van der Waals surface area contributed by atoms with Crippen molar-refractivity contribution >= 4 is 32.6 Å². The molecule has 0 bridgehead atoms. The third kappa shape index (κ3) is 4.35. The molecule has 1 aliphatic heterocycles. The number of carbonyl (C=O) groups excluding carboxylic acids is 1. The molecule has 0 unspecified atom stereocenters. The Labute approximate surface area is 182 Å². The van der Waals surface area contributed by atoms with E-state index in [1.165, 1.54) is 21.4 Å². The number of amides is 1. The number of nitrogens with one attached hydrogen (secondary N) is 2.